The minimum atomic E-state index is -0.299. The normalized spacial score (nSPS) is 10.6. The lowest BCUT2D eigenvalue weighted by atomic mass is 10.2. The molecule has 1 aromatic heterocycles. The largest absolute Gasteiger partial charge is 0.468 e. The Kier molecular flexibility index (Phi) is 5.73. The molecule has 0 radical (unpaired) electrons. The van der Waals surface area contributed by atoms with E-state index in [1.807, 2.05) is 59.2 Å². The number of carbonyl (C=O) groups is 1. The van der Waals surface area contributed by atoms with Crippen LogP contribution in [0.3, 0.4) is 0 Å². The first-order valence-electron chi connectivity index (χ1n) is 7.60. The molecule has 2 aromatic carbocycles. The van der Waals surface area contributed by atoms with Gasteiger partial charge in [0.05, 0.1) is 19.4 Å². The fourth-order valence-corrected chi connectivity index (χ4v) is 3.20. The minimum absolute atomic E-state index is 0.185. The lowest BCUT2D eigenvalue weighted by Crippen LogP contribution is -2.07. The van der Waals surface area contributed by atoms with Crippen molar-refractivity contribution in [3.8, 4) is 11.4 Å². The van der Waals surface area contributed by atoms with E-state index >= 15 is 0 Å². The molecule has 25 heavy (non-hydrogen) atoms. The molecule has 3 rings (SSSR count). The molecule has 3 aromatic rings. The Morgan fingerprint density at radius 3 is 2.52 bits per heavy atom. The van der Waals surface area contributed by atoms with Crippen LogP contribution in [0.5, 0.6) is 0 Å². The molecule has 0 fully saturated rings. The van der Waals surface area contributed by atoms with Gasteiger partial charge in [-0.2, -0.15) is 0 Å². The van der Waals surface area contributed by atoms with Crippen molar-refractivity contribution in [3.63, 3.8) is 0 Å². The Hall–Kier alpha value is -2.31. The molecule has 0 saturated carbocycles. The van der Waals surface area contributed by atoms with Crippen LogP contribution in [-0.4, -0.2) is 33.6 Å². The fourth-order valence-electron chi connectivity index (χ4n) is 2.30. The molecule has 0 saturated heterocycles. The molecule has 0 N–H and O–H groups in total. The molecule has 0 amide bonds. The van der Waals surface area contributed by atoms with Gasteiger partial charge in [-0.25, -0.2) is 0 Å². The Morgan fingerprint density at radius 2 is 1.84 bits per heavy atom. The maximum atomic E-state index is 11.5. The van der Waals surface area contributed by atoms with E-state index in [1.165, 1.54) is 18.9 Å². The molecular weight excluding hydrogens is 358 g/mol. The van der Waals surface area contributed by atoms with Crippen LogP contribution in [-0.2, 0) is 16.1 Å². The highest BCUT2D eigenvalue weighted by Crippen LogP contribution is 2.26. The maximum absolute atomic E-state index is 11.5. The zero-order valence-corrected chi connectivity index (χ0v) is 15.1. The number of hydrogen-bond donors (Lipinski definition) is 0. The van der Waals surface area contributed by atoms with Gasteiger partial charge in [-0.05, 0) is 29.8 Å². The second kappa shape index (κ2) is 8.18. The van der Waals surface area contributed by atoms with Crippen molar-refractivity contribution >= 4 is 29.3 Å². The van der Waals surface area contributed by atoms with E-state index < -0.39 is 0 Å². The van der Waals surface area contributed by atoms with Gasteiger partial charge in [0.1, 0.15) is 0 Å². The van der Waals surface area contributed by atoms with Crippen LogP contribution in [0, 0.1) is 0 Å². The van der Waals surface area contributed by atoms with Crippen LogP contribution in [0.25, 0.3) is 11.4 Å². The molecule has 0 aliphatic heterocycles. The van der Waals surface area contributed by atoms with Crippen LogP contribution < -0.4 is 0 Å². The van der Waals surface area contributed by atoms with E-state index in [0.29, 0.717) is 16.7 Å². The summed E-state index contributed by atoms with van der Waals surface area (Å²) in [5, 5.41) is 9.90. The zero-order chi connectivity index (χ0) is 17.6. The number of methoxy groups -OCH3 is 1. The quantitative estimate of drug-likeness (QED) is 0.484. The second-order valence-corrected chi connectivity index (χ2v) is 6.63. The van der Waals surface area contributed by atoms with E-state index in [9.17, 15) is 4.79 Å². The van der Waals surface area contributed by atoms with Gasteiger partial charge in [-0.3, -0.25) is 9.36 Å². The molecule has 128 valence electrons. The van der Waals surface area contributed by atoms with Crippen molar-refractivity contribution in [2.24, 2.45) is 0 Å². The number of rotatable bonds is 6. The standard InChI is InChI=1S/C18H16ClN3O2S/c1-24-16(23)12-25-18-21-20-17(14-7-9-15(19)10-8-14)22(18)11-13-5-3-2-4-6-13/h2-10H,11-12H2,1H3. The average Bonchev–Trinajstić information content (AvgIpc) is 3.03. The van der Waals surface area contributed by atoms with Crippen LogP contribution >= 0.6 is 23.4 Å². The average molecular weight is 374 g/mol. The summed E-state index contributed by atoms with van der Waals surface area (Å²) in [4.78, 5) is 11.5. The lowest BCUT2D eigenvalue weighted by Gasteiger charge is -2.10. The second-order valence-electron chi connectivity index (χ2n) is 5.25. The molecular formula is C18H16ClN3O2S. The number of carbonyl (C=O) groups excluding carboxylic acids is 1. The van der Waals surface area contributed by atoms with Crippen LogP contribution in [0.1, 0.15) is 5.56 Å². The van der Waals surface area contributed by atoms with Gasteiger partial charge in [-0.15, -0.1) is 10.2 Å². The number of nitrogens with zero attached hydrogens (tertiary/aromatic N) is 3. The number of ether oxygens (including phenoxy) is 1. The molecule has 0 atom stereocenters. The van der Waals surface area contributed by atoms with Gasteiger partial charge in [0.2, 0.25) is 0 Å². The molecule has 1 heterocycles. The first kappa shape index (κ1) is 17.5. The summed E-state index contributed by atoms with van der Waals surface area (Å²) in [7, 11) is 1.37. The van der Waals surface area contributed by atoms with Crippen molar-refractivity contribution in [2.75, 3.05) is 12.9 Å². The third-order valence-corrected chi connectivity index (χ3v) is 4.74. The maximum Gasteiger partial charge on any atom is 0.316 e. The van der Waals surface area contributed by atoms with Crippen molar-refractivity contribution in [3.05, 3.63) is 65.2 Å². The van der Waals surface area contributed by atoms with Gasteiger partial charge in [-0.1, -0.05) is 53.7 Å². The number of benzene rings is 2. The Balaban J connectivity index is 1.95. The lowest BCUT2D eigenvalue weighted by molar-refractivity contribution is -0.137. The first-order chi connectivity index (χ1) is 12.2. The Morgan fingerprint density at radius 1 is 1.12 bits per heavy atom. The van der Waals surface area contributed by atoms with Gasteiger partial charge >= 0.3 is 5.97 Å². The van der Waals surface area contributed by atoms with Crippen molar-refractivity contribution in [2.45, 2.75) is 11.7 Å². The molecule has 5 nitrogen and oxygen atoms in total. The summed E-state index contributed by atoms with van der Waals surface area (Å²) >= 11 is 7.28. The highest BCUT2D eigenvalue weighted by atomic mass is 35.5. The summed E-state index contributed by atoms with van der Waals surface area (Å²) in [6.45, 7) is 0.606. The Bertz CT molecular complexity index is 851. The molecule has 0 spiro atoms. The van der Waals surface area contributed by atoms with E-state index in [0.717, 1.165) is 17.0 Å². The molecule has 0 unspecified atom stereocenters. The third-order valence-electron chi connectivity index (χ3n) is 3.55. The van der Waals surface area contributed by atoms with Crippen molar-refractivity contribution in [1.82, 2.24) is 14.8 Å². The van der Waals surface area contributed by atoms with Gasteiger partial charge in [0.15, 0.2) is 11.0 Å². The van der Waals surface area contributed by atoms with E-state index in [1.54, 1.807) is 0 Å². The fraction of sp³-hybridized carbons (Fsp3) is 0.167. The zero-order valence-electron chi connectivity index (χ0n) is 13.6. The Labute approximate surface area is 155 Å². The molecule has 7 heteroatoms. The predicted octanol–water partition coefficient (Wildman–Crippen LogP) is 3.91. The molecule has 0 bridgehead atoms. The highest BCUT2D eigenvalue weighted by Gasteiger charge is 2.16. The topological polar surface area (TPSA) is 57.0 Å². The van der Waals surface area contributed by atoms with Crippen molar-refractivity contribution < 1.29 is 9.53 Å². The summed E-state index contributed by atoms with van der Waals surface area (Å²) in [5.41, 5.74) is 2.04. The minimum Gasteiger partial charge on any atom is -0.468 e. The summed E-state index contributed by atoms with van der Waals surface area (Å²) < 4.78 is 6.70. The number of halogens is 1. The monoisotopic (exact) mass is 373 g/mol. The number of thioether (sulfide) groups is 1. The number of hydrogen-bond acceptors (Lipinski definition) is 5. The summed E-state index contributed by atoms with van der Waals surface area (Å²) in [6.07, 6.45) is 0. The summed E-state index contributed by atoms with van der Waals surface area (Å²) in [5.74, 6) is 0.615. The first-order valence-corrected chi connectivity index (χ1v) is 8.96. The number of esters is 1. The van der Waals surface area contributed by atoms with Gasteiger partial charge < -0.3 is 4.74 Å². The SMILES string of the molecule is COC(=O)CSc1nnc(-c2ccc(Cl)cc2)n1Cc1ccccc1. The highest BCUT2D eigenvalue weighted by molar-refractivity contribution is 7.99. The predicted molar refractivity (Wildman–Crippen MR) is 98.8 cm³/mol. The van der Waals surface area contributed by atoms with Crippen LogP contribution in [0.2, 0.25) is 5.02 Å². The van der Waals surface area contributed by atoms with Crippen molar-refractivity contribution in [1.29, 1.82) is 0 Å². The van der Waals surface area contributed by atoms with Gasteiger partial charge in [0, 0.05) is 10.6 Å². The van der Waals surface area contributed by atoms with E-state index in [-0.39, 0.29) is 11.7 Å². The van der Waals surface area contributed by atoms with E-state index in [2.05, 4.69) is 10.2 Å². The molecule has 0 aliphatic rings. The summed E-state index contributed by atoms with van der Waals surface area (Å²) in [6, 6.07) is 17.5. The van der Waals surface area contributed by atoms with Crippen LogP contribution in [0.4, 0.5) is 0 Å². The van der Waals surface area contributed by atoms with E-state index in [4.69, 9.17) is 16.3 Å². The molecule has 0 aliphatic carbocycles. The van der Waals surface area contributed by atoms with Crippen LogP contribution in [0.15, 0.2) is 59.8 Å². The third kappa shape index (κ3) is 4.41. The smallest absolute Gasteiger partial charge is 0.316 e. The number of aromatic nitrogens is 3. The van der Waals surface area contributed by atoms with Gasteiger partial charge in [0.25, 0.3) is 0 Å².